The Labute approximate surface area is 111 Å². The van der Waals surface area contributed by atoms with Crippen LogP contribution in [0.3, 0.4) is 0 Å². The zero-order chi connectivity index (χ0) is 12.8. The SMILES string of the molecule is CC1(CN=C(N)N2CCOCC2)CCCCCC1. The number of nitrogens with two attached hydrogens (primary N) is 1. The molecule has 2 aliphatic rings. The average molecular weight is 253 g/mol. The Morgan fingerprint density at radius 2 is 1.78 bits per heavy atom. The summed E-state index contributed by atoms with van der Waals surface area (Å²) < 4.78 is 5.33. The van der Waals surface area contributed by atoms with Crippen molar-refractivity contribution >= 4 is 5.96 Å². The fraction of sp³-hybridized carbons (Fsp3) is 0.929. The van der Waals surface area contributed by atoms with E-state index in [-0.39, 0.29) is 0 Å². The normalized spacial score (nSPS) is 25.8. The molecule has 18 heavy (non-hydrogen) atoms. The lowest BCUT2D eigenvalue weighted by molar-refractivity contribution is 0.0673. The number of nitrogens with zero attached hydrogens (tertiary/aromatic N) is 2. The summed E-state index contributed by atoms with van der Waals surface area (Å²) in [5.74, 6) is 0.712. The zero-order valence-corrected chi connectivity index (χ0v) is 11.7. The first kappa shape index (κ1) is 13.7. The van der Waals surface area contributed by atoms with E-state index in [1.165, 1.54) is 38.5 Å². The van der Waals surface area contributed by atoms with E-state index in [9.17, 15) is 0 Å². The second-order valence-electron chi connectivity index (χ2n) is 6.00. The topological polar surface area (TPSA) is 50.8 Å². The van der Waals surface area contributed by atoms with E-state index >= 15 is 0 Å². The maximum atomic E-state index is 6.08. The summed E-state index contributed by atoms with van der Waals surface area (Å²) in [4.78, 5) is 6.79. The van der Waals surface area contributed by atoms with Gasteiger partial charge in [-0.1, -0.05) is 32.6 Å². The van der Waals surface area contributed by atoms with Gasteiger partial charge in [0, 0.05) is 19.6 Å². The van der Waals surface area contributed by atoms with Crippen LogP contribution in [-0.2, 0) is 4.74 Å². The molecule has 4 heteroatoms. The van der Waals surface area contributed by atoms with E-state index in [2.05, 4.69) is 16.8 Å². The van der Waals surface area contributed by atoms with Crippen molar-refractivity contribution in [3.63, 3.8) is 0 Å². The molecular formula is C14H27N3O. The van der Waals surface area contributed by atoms with Gasteiger partial charge in [-0.15, -0.1) is 0 Å². The van der Waals surface area contributed by atoms with Crippen LogP contribution in [0.1, 0.15) is 45.4 Å². The average Bonchev–Trinajstić information content (AvgIpc) is 2.62. The van der Waals surface area contributed by atoms with E-state index in [0.29, 0.717) is 11.4 Å². The number of rotatable bonds is 2. The molecule has 104 valence electrons. The highest BCUT2D eigenvalue weighted by Crippen LogP contribution is 2.34. The smallest absolute Gasteiger partial charge is 0.191 e. The van der Waals surface area contributed by atoms with Gasteiger partial charge in [-0.25, -0.2) is 0 Å². The summed E-state index contributed by atoms with van der Waals surface area (Å²) in [6.45, 7) is 6.56. The highest BCUT2D eigenvalue weighted by molar-refractivity contribution is 5.78. The molecule has 0 aromatic heterocycles. The van der Waals surface area contributed by atoms with Crippen LogP contribution in [-0.4, -0.2) is 43.7 Å². The molecule has 0 unspecified atom stereocenters. The summed E-state index contributed by atoms with van der Waals surface area (Å²) in [5.41, 5.74) is 6.45. The van der Waals surface area contributed by atoms with Crippen molar-refractivity contribution in [2.24, 2.45) is 16.1 Å². The molecule has 4 nitrogen and oxygen atoms in total. The fourth-order valence-electron chi connectivity index (χ4n) is 2.90. The van der Waals surface area contributed by atoms with E-state index in [4.69, 9.17) is 10.5 Å². The van der Waals surface area contributed by atoms with Crippen molar-refractivity contribution in [1.82, 2.24) is 4.90 Å². The van der Waals surface area contributed by atoms with E-state index in [1.54, 1.807) is 0 Å². The third-order valence-electron chi connectivity index (χ3n) is 4.27. The molecule has 2 fully saturated rings. The Balaban J connectivity index is 1.87. The first-order valence-corrected chi connectivity index (χ1v) is 7.32. The molecule has 1 aliphatic heterocycles. The quantitative estimate of drug-likeness (QED) is 0.465. The molecule has 0 amide bonds. The Kier molecular flexibility index (Phi) is 4.87. The molecular weight excluding hydrogens is 226 g/mol. The minimum atomic E-state index is 0.368. The van der Waals surface area contributed by atoms with Gasteiger partial charge in [0.25, 0.3) is 0 Å². The number of ether oxygens (including phenoxy) is 1. The summed E-state index contributed by atoms with van der Waals surface area (Å²) in [5, 5.41) is 0. The Bertz CT molecular complexity index is 277. The monoisotopic (exact) mass is 253 g/mol. The molecule has 2 rings (SSSR count). The van der Waals surface area contributed by atoms with Crippen LogP contribution in [0.4, 0.5) is 0 Å². The fourth-order valence-corrected chi connectivity index (χ4v) is 2.90. The van der Waals surface area contributed by atoms with Crippen molar-refractivity contribution in [2.45, 2.75) is 45.4 Å². The number of aliphatic imine (C=N–C) groups is 1. The number of hydrogen-bond donors (Lipinski definition) is 1. The van der Waals surface area contributed by atoms with Crippen LogP contribution in [0.25, 0.3) is 0 Å². The minimum Gasteiger partial charge on any atom is -0.378 e. The van der Waals surface area contributed by atoms with Crippen molar-refractivity contribution in [3.8, 4) is 0 Å². The third kappa shape index (κ3) is 3.87. The molecule has 0 spiro atoms. The van der Waals surface area contributed by atoms with Crippen molar-refractivity contribution in [2.75, 3.05) is 32.8 Å². The van der Waals surface area contributed by atoms with Crippen LogP contribution in [0.2, 0.25) is 0 Å². The Morgan fingerprint density at radius 3 is 2.39 bits per heavy atom. The van der Waals surface area contributed by atoms with Gasteiger partial charge in [-0.2, -0.15) is 0 Å². The van der Waals surface area contributed by atoms with Gasteiger partial charge < -0.3 is 15.4 Å². The predicted molar refractivity (Wildman–Crippen MR) is 74.7 cm³/mol. The number of hydrogen-bond acceptors (Lipinski definition) is 2. The first-order valence-electron chi connectivity index (χ1n) is 7.32. The molecule has 1 heterocycles. The molecule has 0 radical (unpaired) electrons. The summed E-state index contributed by atoms with van der Waals surface area (Å²) >= 11 is 0. The zero-order valence-electron chi connectivity index (χ0n) is 11.7. The highest BCUT2D eigenvalue weighted by atomic mass is 16.5. The lowest BCUT2D eigenvalue weighted by Gasteiger charge is -2.30. The van der Waals surface area contributed by atoms with Gasteiger partial charge in [0.15, 0.2) is 5.96 Å². The third-order valence-corrected chi connectivity index (χ3v) is 4.27. The summed E-state index contributed by atoms with van der Waals surface area (Å²) in [6, 6.07) is 0. The van der Waals surface area contributed by atoms with Gasteiger partial charge in [0.1, 0.15) is 0 Å². The molecule has 0 aromatic rings. The minimum absolute atomic E-state index is 0.368. The Hall–Kier alpha value is -0.770. The standard InChI is InChI=1S/C14H27N3O/c1-14(6-4-2-3-5-7-14)12-16-13(15)17-8-10-18-11-9-17/h2-12H2,1H3,(H2,15,16). The predicted octanol–water partition coefficient (Wildman–Crippen LogP) is 1.99. The molecule has 0 bridgehead atoms. The van der Waals surface area contributed by atoms with Crippen LogP contribution >= 0.6 is 0 Å². The summed E-state index contributed by atoms with van der Waals surface area (Å²) in [7, 11) is 0. The molecule has 2 N–H and O–H groups in total. The molecule has 1 saturated carbocycles. The number of morpholine rings is 1. The van der Waals surface area contributed by atoms with Gasteiger partial charge in [0.05, 0.1) is 13.2 Å². The van der Waals surface area contributed by atoms with Crippen LogP contribution in [0, 0.1) is 5.41 Å². The molecule has 1 aliphatic carbocycles. The van der Waals surface area contributed by atoms with Gasteiger partial charge in [0.2, 0.25) is 0 Å². The molecule has 0 aromatic carbocycles. The first-order chi connectivity index (χ1) is 8.70. The van der Waals surface area contributed by atoms with E-state index < -0.39 is 0 Å². The lowest BCUT2D eigenvalue weighted by Crippen LogP contribution is -2.45. The van der Waals surface area contributed by atoms with Gasteiger partial charge >= 0.3 is 0 Å². The lowest BCUT2D eigenvalue weighted by atomic mass is 9.83. The summed E-state index contributed by atoms with van der Waals surface area (Å²) in [6.07, 6.45) is 8.07. The van der Waals surface area contributed by atoms with E-state index in [0.717, 1.165) is 32.8 Å². The van der Waals surface area contributed by atoms with Crippen LogP contribution in [0.5, 0.6) is 0 Å². The largest absolute Gasteiger partial charge is 0.378 e. The maximum absolute atomic E-state index is 6.08. The molecule has 1 saturated heterocycles. The van der Waals surface area contributed by atoms with Crippen LogP contribution < -0.4 is 5.73 Å². The highest BCUT2D eigenvalue weighted by Gasteiger charge is 2.25. The van der Waals surface area contributed by atoms with Gasteiger partial charge in [-0.05, 0) is 18.3 Å². The van der Waals surface area contributed by atoms with Crippen molar-refractivity contribution in [3.05, 3.63) is 0 Å². The van der Waals surface area contributed by atoms with Crippen LogP contribution in [0.15, 0.2) is 4.99 Å². The second-order valence-corrected chi connectivity index (χ2v) is 6.00. The maximum Gasteiger partial charge on any atom is 0.191 e. The van der Waals surface area contributed by atoms with E-state index in [1.807, 2.05) is 0 Å². The van der Waals surface area contributed by atoms with Crippen molar-refractivity contribution in [1.29, 1.82) is 0 Å². The number of guanidine groups is 1. The van der Waals surface area contributed by atoms with Crippen molar-refractivity contribution < 1.29 is 4.74 Å². The van der Waals surface area contributed by atoms with Gasteiger partial charge in [-0.3, -0.25) is 4.99 Å². The second kappa shape index (κ2) is 6.41. The Morgan fingerprint density at radius 1 is 1.17 bits per heavy atom. The molecule has 0 atom stereocenters.